The summed E-state index contributed by atoms with van der Waals surface area (Å²) in [4.78, 5) is 20.6. The second kappa shape index (κ2) is 5.58. The van der Waals surface area contributed by atoms with E-state index in [1.165, 1.54) is 24.3 Å². The molecule has 0 fully saturated rings. The molecule has 0 aliphatic heterocycles. The predicted octanol–water partition coefficient (Wildman–Crippen LogP) is 3.91. The van der Waals surface area contributed by atoms with Gasteiger partial charge in [-0.25, -0.2) is 0 Å². The molecular formula is C14H12N2O5. The standard InChI is InChI=1S/C14H12N2O5/c1-9-7-13(8-10(2)14(9)16(19)20)21-12-5-3-11(4-6-12)15(17)18/h3-8H,1-2H3. The second-order valence-corrected chi connectivity index (χ2v) is 4.52. The lowest BCUT2D eigenvalue weighted by atomic mass is 10.1. The molecule has 0 aliphatic rings. The highest BCUT2D eigenvalue weighted by atomic mass is 16.6. The molecule has 0 saturated heterocycles. The van der Waals surface area contributed by atoms with Gasteiger partial charge in [0.1, 0.15) is 11.5 Å². The molecule has 0 amide bonds. The monoisotopic (exact) mass is 288 g/mol. The number of hydrogen-bond donors (Lipinski definition) is 0. The molecule has 0 aromatic heterocycles. The first kappa shape index (κ1) is 14.4. The van der Waals surface area contributed by atoms with Crippen LogP contribution in [0.2, 0.25) is 0 Å². The van der Waals surface area contributed by atoms with Crippen LogP contribution >= 0.6 is 0 Å². The van der Waals surface area contributed by atoms with Crippen molar-refractivity contribution in [3.05, 3.63) is 67.8 Å². The minimum absolute atomic E-state index is 0.0292. The molecule has 7 nitrogen and oxygen atoms in total. The normalized spacial score (nSPS) is 10.2. The van der Waals surface area contributed by atoms with Crippen molar-refractivity contribution in [1.29, 1.82) is 0 Å². The number of non-ortho nitro benzene ring substituents is 1. The van der Waals surface area contributed by atoms with E-state index in [-0.39, 0.29) is 11.4 Å². The van der Waals surface area contributed by atoms with Crippen molar-refractivity contribution in [2.45, 2.75) is 13.8 Å². The zero-order valence-corrected chi connectivity index (χ0v) is 11.4. The molecule has 0 heterocycles. The maximum Gasteiger partial charge on any atom is 0.275 e. The van der Waals surface area contributed by atoms with Crippen LogP contribution in [-0.2, 0) is 0 Å². The molecule has 0 radical (unpaired) electrons. The Morgan fingerprint density at radius 2 is 1.38 bits per heavy atom. The molecule has 0 N–H and O–H groups in total. The number of benzene rings is 2. The molecule has 2 aromatic carbocycles. The third-order valence-corrected chi connectivity index (χ3v) is 2.93. The molecule has 0 bridgehead atoms. The van der Waals surface area contributed by atoms with E-state index in [2.05, 4.69) is 0 Å². The number of rotatable bonds is 4. The van der Waals surface area contributed by atoms with Crippen molar-refractivity contribution < 1.29 is 14.6 Å². The summed E-state index contributed by atoms with van der Waals surface area (Å²) in [6.07, 6.45) is 0. The summed E-state index contributed by atoms with van der Waals surface area (Å²) < 4.78 is 5.56. The van der Waals surface area contributed by atoms with Gasteiger partial charge in [0, 0.05) is 23.3 Å². The van der Waals surface area contributed by atoms with Gasteiger partial charge in [0.2, 0.25) is 0 Å². The molecule has 0 aliphatic carbocycles. The minimum atomic E-state index is -0.496. The molecule has 2 aromatic rings. The van der Waals surface area contributed by atoms with Gasteiger partial charge >= 0.3 is 0 Å². The van der Waals surface area contributed by atoms with Crippen molar-refractivity contribution in [2.75, 3.05) is 0 Å². The van der Waals surface area contributed by atoms with Gasteiger partial charge in [-0.2, -0.15) is 0 Å². The maximum atomic E-state index is 10.9. The van der Waals surface area contributed by atoms with E-state index in [1.54, 1.807) is 26.0 Å². The molecular weight excluding hydrogens is 276 g/mol. The van der Waals surface area contributed by atoms with Gasteiger partial charge in [-0.15, -0.1) is 0 Å². The number of aryl methyl sites for hydroxylation is 2. The van der Waals surface area contributed by atoms with E-state index >= 15 is 0 Å². The Morgan fingerprint density at radius 1 is 0.857 bits per heavy atom. The van der Waals surface area contributed by atoms with Gasteiger partial charge in [-0.05, 0) is 38.1 Å². The summed E-state index contributed by atoms with van der Waals surface area (Å²) >= 11 is 0. The molecule has 108 valence electrons. The van der Waals surface area contributed by atoms with Crippen LogP contribution in [0.3, 0.4) is 0 Å². The fraction of sp³-hybridized carbons (Fsp3) is 0.143. The molecule has 0 atom stereocenters. The quantitative estimate of drug-likeness (QED) is 0.627. The van der Waals surface area contributed by atoms with Gasteiger partial charge in [0.05, 0.1) is 9.85 Å². The summed E-state index contributed by atoms with van der Waals surface area (Å²) in [6.45, 7) is 3.27. The van der Waals surface area contributed by atoms with Crippen LogP contribution in [0.25, 0.3) is 0 Å². The van der Waals surface area contributed by atoms with Gasteiger partial charge in [-0.1, -0.05) is 0 Å². The largest absolute Gasteiger partial charge is 0.457 e. The van der Waals surface area contributed by atoms with Crippen LogP contribution in [0, 0.1) is 34.1 Å². The highest BCUT2D eigenvalue weighted by molar-refractivity contribution is 5.52. The predicted molar refractivity (Wildman–Crippen MR) is 75.7 cm³/mol. The molecule has 0 unspecified atom stereocenters. The highest BCUT2D eigenvalue weighted by Gasteiger charge is 2.16. The Hall–Kier alpha value is -2.96. The number of nitro benzene ring substituents is 2. The minimum Gasteiger partial charge on any atom is -0.457 e. The Morgan fingerprint density at radius 3 is 1.81 bits per heavy atom. The molecule has 21 heavy (non-hydrogen) atoms. The molecule has 0 saturated carbocycles. The van der Waals surface area contributed by atoms with Crippen LogP contribution in [-0.4, -0.2) is 9.85 Å². The van der Waals surface area contributed by atoms with E-state index in [0.717, 1.165) is 0 Å². The van der Waals surface area contributed by atoms with E-state index in [1.807, 2.05) is 0 Å². The lowest BCUT2D eigenvalue weighted by Crippen LogP contribution is -1.96. The SMILES string of the molecule is Cc1cc(Oc2ccc([N+](=O)[O-])cc2)cc(C)c1[N+](=O)[O-]. The Bertz CT molecular complexity index is 687. The Balaban J connectivity index is 2.28. The van der Waals surface area contributed by atoms with Crippen LogP contribution in [0.15, 0.2) is 36.4 Å². The van der Waals surface area contributed by atoms with Crippen LogP contribution in [0.4, 0.5) is 11.4 Å². The summed E-state index contributed by atoms with van der Waals surface area (Å²) in [5, 5.41) is 21.5. The van der Waals surface area contributed by atoms with E-state index in [4.69, 9.17) is 4.74 Å². The summed E-state index contributed by atoms with van der Waals surface area (Å²) in [5.41, 5.74) is 1.03. The lowest BCUT2D eigenvalue weighted by molar-refractivity contribution is -0.386. The Kier molecular flexibility index (Phi) is 3.84. The van der Waals surface area contributed by atoms with Crippen molar-refractivity contribution in [3.63, 3.8) is 0 Å². The first-order valence-corrected chi connectivity index (χ1v) is 6.06. The smallest absolute Gasteiger partial charge is 0.275 e. The van der Waals surface area contributed by atoms with Gasteiger partial charge in [-0.3, -0.25) is 20.2 Å². The number of nitrogens with zero attached hydrogens (tertiary/aromatic N) is 2. The molecule has 2 rings (SSSR count). The zero-order chi connectivity index (χ0) is 15.6. The maximum absolute atomic E-state index is 10.9. The van der Waals surface area contributed by atoms with Crippen molar-refractivity contribution in [1.82, 2.24) is 0 Å². The fourth-order valence-corrected chi connectivity index (χ4v) is 2.04. The van der Waals surface area contributed by atoms with Crippen molar-refractivity contribution in [2.24, 2.45) is 0 Å². The third-order valence-electron chi connectivity index (χ3n) is 2.93. The molecule has 7 heteroatoms. The van der Waals surface area contributed by atoms with Gasteiger partial charge in [0.15, 0.2) is 0 Å². The fourth-order valence-electron chi connectivity index (χ4n) is 2.04. The van der Waals surface area contributed by atoms with Crippen molar-refractivity contribution >= 4 is 11.4 Å². The van der Waals surface area contributed by atoms with Gasteiger partial charge in [0.25, 0.3) is 11.4 Å². The topological polar surface area (TPSA) is 95.5 Å². The first-order chi connectivity index (χ1) is 9.88. The highest BCUT2D eigenvalue weighted by Crippen LogP contribution is 2.31. The first-order valence-electron chi connectivity index (χ1n) is 6.06. The van der Waals surface area contributed by atoms with E-state index in [9.17, 15) is 20.2 Å². The van der Waals surface area contributed by atoms with E-state index in [0.29, 0.717) is 22.6 Å². The van der Waals surface area contributed by atoms with Crippen LogP contribution in [0.1, 0.15) is 11.1 Å². The van der Waals surface area contributed by atoms with Crippen LogP contribution < -0.4 is 4.74 Å². The summed E-state index contributed by atoms with van der Waals surface area (Å²) in [7, 11) is 0. The van der Waals surface area contributed by atoms with E-state index < -0.39 is 9.85 Å². The average molecular weight is 288 g/mol. The second-order valence-electron chi connectivity index (χ2n) is 4.52. The van der Waals surface area contributed by atoms with Crippen LogP contribution in [0.5, 0.6) is 11.5 Å². The summed E-state index contributed by atoms with van der Waals surface area (Å²) in [6, 6.07) is 8.74. The lowest BCUT2D eigenvalue weighted by Gasteiger charge is -2.08. The number of ether oxygens (including phenoxy) is 1. The van der Waals surface area contributed by atoms with Crippen molar-refractivity contribution in [3.8, 4) is 11.5 Å². The number of nitro groups is 2. The zero-order valence-electron chi connectivity index (χ0n) is 11.4. The average Bonchev–Trinajstić information content (AvgIpc) is 2.37. The third kappa shape index (κ3) is 3.14. The Labute approximate surface area is 120 Å². The molecule has 0 spiro atoms. The number of hydrogen-bond acceptors (Lipinski definition) is 5. The summed E-state index contributed by atoms with van der Waals surface area (Å²) in [5.74, 6) is 0.873. The van der Waals surface area contributed by atoms with Gasteiger partial charge < -0.3 is 4.74 Å².